The van der Waals surface area contributed by atoms with Crippen LogP contribution in [0.25, 0.3) is 11.5 Å². The molecule has 0 aliphatic rings. The molecule has 2 aromatic heterocycles. The summed E-state index contributed by atoms with van der Waals surface area (Å²) in [5.74, 6) is 0.122. The molecule has 2 aromatic rings. The number of hydrogen-bond acceptors (Lipinski definition) is 5. The molecule has 7 nitrogen and oxygen atoms in total. The quantitative estimate of drug-likeness (QED) is 0.707. The highest BCUT2D eigenvalue weighted by Crippen LogP contribution is 2.36. The van der Waals surface area contributed by atoms with Gasteiger partial charge in [-0.05, 0) is 19.1 Å². The van der Waals surface area contributed by atoms with Gasteiger partial charge in [0.2, 0.25) is 11.4 Å². The molecule has 2 heterocycles. The lowest BCUT2D eigenvalue weighted by Crippen LogP contribution is -2.00. The maximum atomic E-state index is 11.0. The summed E-state index contributed by atoms with van der Waals surface area (Å²) in [4.78, 5) is 25.7. The number of rotatable bonds is 2. The van der Waals surface area contributed by atoms with E-state index in [-0.39, 0.29) is 22.4 Å². The summed E-state index contributed by atoms with van der Waals surface area (Å²) in [6, 6.07) is 2.53. The molecule has 0 spiro atoms. The second-order valence-electron chi connectivity index (χ2n) is 3.51. The molecule has 0 unspecified atom stereocenters. The van der Waals surface area contributed by atoms with Gasteiger partial charge in [-0.25, -0.2) is 9.97 Å². The van der Waals surface area contributed by atoms with Gasteiger partial charge in [-0.2, -0.15) is 0 Å². The summed E-state index contributed by atoms with van der Waals surface area (Å²) in [5.41, 5.74) is 5.67. The first-order valence-corrected chi connectivity index (χ1v) is 6.74. The number of anilines is 1. The molecule has 0 aliphatic carbocycles. The van der Waals surface area contributed by atoms with Gasteiger partial charge in [0.15, 0.2) is 5.76 Å². The average molecular weight is 290 g/mol. The van der Waals surface area contributed by atoms with E-state index >= 15 is 0 Å². The third-order valence-corrected chi connectivity index (χ3v) is 3.41. The summed E-state index contributed by atoms with van der Waals surface area (Å²) in [6.45, 7) is 1.64. The highest BCUT2D eigenvalue weighted by atomic mass is 35.5. The molecule has 0 saturated carbocycles. The summed E-state index contributed by atoms with van der Waals surface area (Å²) >= 11 is 5.99. The highest BCUT2D eigenvalue weighted by Gasteiger charge is 2.23. The van der Waals surface area contributed by atoms with Crippen LogP contribution >= 0.6 is 19.2 Å². The summed E-state index contributed by atoms with van der Waals surface area (Å²) in [7, 11) is -4.44. The topological polar surface area (TPSA) is 122 Å². The van der Waals surface area contributed by atoms with E-state index in [2.05, 4.69) is 9.97 Å². The monoisotopic (exact) mass is 289 g/mol. The van der Waals surface area contributed by atoms with E-state index in [4.69, 9.17) is 31.5 Å². The summed E-state index contributed by atoms with van der Waals surface area (Å²) in [5, 5.41) is 0.218. The molecule has 96 valence electrons. The van der Waals surface area contributed by atoms with Gasteiger partial charge in [0.05, 0.1) is 10.7 Å². The summed E-state index contributed by atoms with van der Waals surface area (Å²) in [6.07, 6.45) is 0. The number of hydrogen-bond donors (Lipinski definition) is 3. The number of nitrogens with zero attached hydrogens (tertiary/aromatic N) is 2. The van der Waals surface area contributed by atoms with E-state index in [0.717, 1.165) is 0 Å². The first kappa shape index (κ1) is 13.0. The summed E-state index contributed by atoms with van der Waals surface area (Å²) < 4.78 is 16.0. The Balaban J connectivity index is 2.56. The van der Waals surface area contributed by atoms with E-state index in [1.54, 1.807) is 6.92 Å². The molecule has 0 fully saturated rings. The van der Waals surface area contributed by atoms with Crippen LogP contribution in [-0.4, -0.2) is 19.8 Å². The van der Waals surface area contributed by atoms with Crippen molar-refractivity contribution in [2.75, 3.05) is 5.73 Å². The van der Waals surface area contributed by atoms with Crippen LogP contribution in [0.1, 0.15) is 5.69 Å². The fourth-order valence-corrected chi connectivity index (χ4v) is 2.02. The highest BCUT2D eigenvalue weighted by molar-refractivity contribution is 7.59. The molecule has 0 radical (unpaired) electrons. The molecule has 0 bridgehead atoms. The SMILES string of the molecule is Cc1nc(N)nc(-c2ccc(P(=O)(O)O)o2)c1Cl. The van der Waals surface area contributed by atoms with Gasteiger partial charge in [0.25, 0.3) is 0 Å². The lowest BCUT2D eigenvalue weighted by atomic mass is 10.3. The lowest BCUT2D eigenvalue weighted by Gasteiger charge is -2.04. The van der Waals surface area contributed by atoms with Crippen LogP contribution in [0.2, 0.25) is 5.02 Å². The van der Waals surface area contributed by atoms with Crippen LogP contribution in [0.15, 0.2) is 16.5 Å². The minimum atomic E-state index is -4.44. The minimum absolute atomic E-state index is 0.000953. The van der Waals surface area contributed by atoms with Crippen molar-refractivity contribution in [3.63, 3.8) is 0 Å². The Morgan fingerprint density at radius 3 is 2.61 bits per heavy atom. The lowest BCUT2D eigenvalue weighted by molar-refractivity contribution is 0.377. The molecule has 4 N–H and O–H groups in total. The zero-order valence-corrected chi connectivity index (χ0v) is 10.8. The van der Waals surface area contributed by atoms with Gasteiger partial charge < -0.3 is 19.9 Å². The molecule has 18 heavy (non-hydrogen) atoms. The molecular formula is C9H9ClN3O4P. The van der Waals surface area contributed by atoms with E-state index in [9.17, 15) is 4.57 Å². The molecule has 0 saturated heterocycles. The Morgan fingerprint density at radius 1 is 1.39 bits per heavy atom. The van der Waals surface area contributed by atoms with Crippen LogP contribution in [0.4, 0.5) is 5.95 Å². The molecular weight excluding hydrogens is 281 g/mol. The van der Waals surface area contributed by atoms with E-state index in [1.807, 2.05) is 0 Å². The minimum Gasteiger partial charge on any atom is -0.446 e. The van der Waals surface area contributed by atoms with Gasteiger partial charge in [0, 0.05) is 0 Å². The predicted octanol–water partition coefficient (Wildman–Crippen LogP) is 1.08. The predicted molar refractivity (Wildman–Crippen MR) is 65.6 cm³/mol. The molecule has 0 amide bonds. The van der Waals surface area contributed by atoms with Gasteiger partial charge in [-0.15, -0.1) is 0 Å². The van der Waals surface area contributed by atoms with Crippen molar-refractivity contribution in [3.8, 4) is 11.5 Å². The van der Waals surface area contributed by atoms with Crippen molar-refractivity contribution in [1.82, 2.24) is 9.97 Å². The molecule has 0 aromatic carbocycles. The van der Waals surface area contributed by atoms with Gasteiger partial charge >= 0.3 is 7.60 Å². The fraction of sp³-hybridized carbons (Fsp3) is 0.111. The van der Waals surface area contributed by atoms with E-state index < -0.39 is 13.1 Å². The van der Waals surface area contributed by atoms with Crippen LogP contribution in [-0.2, 0) is 4.57 Å². The zero-order chi connectivity index (χ0) is 13.5. The van der Waals surface area contributed by atoms with Crippen LogP contribution < -0.4 is 11.2 Å². The zero-order valence-electron chi connectivity index (χ0n) is 9.16. The fourth-order valence-electron chi connectivity index (χ4n) is 1.36. The first-order chi connectivity index (χ1) is 8.29. The van der Waals surface area contributed by atoms with Crippen molar-refractivity contribution >= 4 is 30.6 Å². The number of furan rings is 1. The standard InChI is InChI=1S/C9H9ClN3O4P/c1-4-7(10)8(13-9(11)12-4)5-2-3-6(17-5)18(14,15)16/h2-3H,1H3,(H2,11,12,13)(H2,14,15,16). The second-order valence-corrected chi connectivity index (χ2v) is 5.42. The smallest absolute Gasteiger partial charge is 0.391 e. The number of nitrogens with two attached hydrogens (primary N) is 1. The van der Waals surface area contributed by atoms with Gasteiger partial charge in [-0.3, -0.25) is 4.57 Å². The number of aryl methyl sites for hydroxylation is 1. The largest absolute Gasteiger partial charge is 0.446 e. The van der Waals surface area contributed by atoms with Crippen molar-refractivity contribution in [1.29, 1.82) is 0 Å². The van der Waals surface area contributed by atoms with Crippen molar-refractivity contribution < 1.29 is 18.8 Å². The van der Waals surface area contributed by atoms with E-state index in [0.29, 0.717) is 5.69 Å². The first-order valence-electron chi connectivity index (χ1n) is 4.75. The average Bonchev–Trinajstić information content (AvgIpc) is 2.71. The van der Waals surface area contributed by atoms with Crippen LogP contribution in [0, 0.1) is 6.92 Å². The maximum absolute atomic E-state index is 11.0. The van der Waals surface area contributed by atoms with Crippen LogP contribution in [0.3, 0.4) is 0 Å². The molecule has 9 heteroatoms. The Kier molecular flexibility index (Phi) is 3.16. The van der Waals surface area contributed by atoms with Crippen molar-refractivity contribution in [2.24, 2.45) is 0 Å². The molecule has 2 rings (SSSR count). The number of nitrogen functional groups attached to an aromatic ring is 1. The van der Waals surface area contributed by atoms with Gasteiger partial charge in [0.1, 0.15) is 5.69 Å². The van der Waals surface area contributed by atoms with Crippen LogP contribution in [0.5, 0.6) is 0 Å². The van der Waals surface area contributed by atoms with Gasteiger partial charge in [-0.1, -0.05) is 11.6 Å². The van der Waals surface area contributed by atoms with E-state index in [1.165, 1.54) is 12.1 Å². The second kappa shape index (κ2) is 4.37. The van der Waals surface area contributed by atoms with Crippen molar-refractivity contribution in [3.05, 3.63) is 22.8 Å². The maximum Gasteiger partial charge on any atom is 0.391 e. The Morgan fingerprint density at radius 2 is 2.06 bits per heavy atom. The Hall–Kier alpha value is -1.40. The normalized spacial score (nSPS) is 11.8. The van der Waals surface area contributed by atoms with Crippen molar-refractivity contribution in [2.45, 2.75) is 6.92 Å². The number of halogens is 1. The number of aromatic nitrogens is 2. The Bertz CT molecular complexity index is 651. The third kappa shape index (κ3) is 2.39. The molecule has 0 aliphatic heterocycles. The third-order valence-electron chi connectivity index (χ3n) is 2.15. The molecule has 0 atom stereocenters. The Labute approximate surface area is 107 Å².